The molecule has 0 aromatic heterocycles. The van der Waals surface area contributed by atoms with Crippen LogP contribution in [-0.4, -0.2) is 29.9 Å². The highest BCUT2D eigenvalue weighted by molar-refractivity contribution is 5.79. The van der Waals surface area contributed by atoms with E-state index in [0.717, 1.165) is 19.4 Å². The second-order valence-electron chi connectivity index (χ2n) is 4.70. The van der Waals surface area contributed by atoms with Gasteiger partial charge in [-0.25, -0.2) is 0 Å². The van der Waals surface area contributed by atoms with Crippen LogP contribution in [0.4, 0.5) is 0 Å². The van der Waals surface area contributed by atoms with Crippen molar-refractivity contribution < 1.29 is 4.79 Å². The number of fused-ring (bicyclic) bond motifs is 2. The molecule has 2 fully saturated rings. The molecule has 1 unspecified atom stereocenters. The topological polar surface area (TPSA) is 32.3 Å². The first-order valence-corrected chi connectivity index (χ1v) is 5.91. The van der Waals surface area contributed by atoms with E-state index < -0.39 is 0 Å². The Bertz CT molecular complexity index is 390. The fourth-order valence-electron chi connectivity index (χ4n) is 2.85. The largest absolute Gasteiger partial charge is 0.351 e. The molecule has 3 atom stereocenters. The molecule has 16 heavy (non-hydrogen) atoms. The van der Waals surface area contributed by atoms with Gasteiger partial charge in [-0.05, 0) is 18.4 Å². The van der Waals surface area contributed by atoms with Crippen LogP contribution in [0.3, 0.4) is 0 Å². The Labute approximate surface area is 95.4 Å². The second-order valence-corrected chi connectivity index (χ2v) is 4.70. The zero-order chi connectivity index (χ0) is 11.0. The molecule has 1 aromatic rings. The van der Waals surface area contributed by atoms with Crippen LogP contribution in [0.25, 0.3) is 0 Å². The molecule has 3 nitrogen and oxygen atoms in total. The van der Waals surface area contributed by atoms with Crippen molar-refractivity contribution in [1.82, 2.24) is 10.2 Å². The molecule has 2 aliphatic heterocycles. The van der Waals surface area contributed by atoms with Crippen LogP contribution in [-0.2, 0) is 4.79 Å². The van der Waals surface area contributed by atoms with E-state index in [0.29, 0.717) is 18.6 Å². The minimum atomic E-state index is 0.178. The molecule has 2 heterocycles. The van der Waals surface area contributed by atoms with Gasteiger partial charge in [-0.15, -0.1) is 0 Å². The Morgan fingerprint density at radius 3 is 2.81 bits per heavy atom. The lowest BCUT2D eigenvalue weighted by molar-refractivity contribution is -0.128. The van der Waals surface area contributed by atoms with E-state index in [9.17, 15) is 4.79 Å². The number of piperazine rings is 1. The van der Waals surface area contributed by atoms with E-state index >= 15 is 0 Å². The number of rotatable bonds is 1. The third-order valence-corrected chi connectivity index (χ3v) is 3.58. The number of piperidine rings is 1. The molecule has 1 aromatic carbocycles. The molecule has 2 aliphatic rings. The van der Waals surface area contributed by atoms with Crippen LogP contribution in [0, 0.1) is 0 Å². The zero-order valence-electron chi connectivity index (χ0n) is 9.23. The van der Waals surface area contributed by atoms with Crippen LogP contribution in [0.2, 0.25) is 0 Å². The van der Waals surface area contributed by atoms with E-state index in [1.807, 2.05) is 6.07 Å². The summed E-state index contributed by atoms with van der Waals surface area (Å²) < 4.78 is 0. The molecule has 2 saturated heterocycles. The lowest BCUT2D eigenvalue weighted by atomic mass is 9.91. The van der Waals surface area contributed by atoms with Gasteiger partial charge in [0.05, 0.1) is 6.54 Å². The average Bonchev–Trinajstić information content (AvgIpc) is 2.30. The Kier molecular flexibility index (Phi) is 2.40. The van der Waals surface area contributed by atoms with Crippen molar-refractivity contribution in [2.45, 2.75) is 24.9 Å². The summed E-state index contributed by atoms with van der Waals surface area (Å²) in [5.74, 6) is 0.178. The summed E-state index contributed by atoms with van der Waals surface area (Å²) in [6, 6.07) is 11.3. The first kappa shape index (κ1) is 9.85. The quantitative estimate of drug-likeness (QED) is 0.768. The number of nitrogens with one attached hydrogen (secondary N) is 1. The second kappa shape index (κ2) is 3.91. The van der Waals surface area contributed by atoms with Crippen molar-refractivity contribution in [3.05, 3.63) is 35.9 Å². The van der Waals surface area contributed by atoms with Gasteiger partial charge in [-0.2, -0.15) is 0 Å². The predicted octanol–water partition coefficient (Wildman–Crippen LogP) is 1.32. The van der Waals surface area contributed by atoms with Crippen molar-refractivity contribution in [3.8, 4) is 0 Å². The predicted molar refractivity (Wildman–Crippen MR) is 61.9 cm³/mol. The molecule has 0 aliphatic carbocycles. The molecule has 3 heteroatoms. The fourth-order valence-corrected chi connectivity index (χ4v) is 2.85. The van der Waals surface area contributed by atoms with Gasteiger partial charge in [0.1, 0.15) is 0 Å². The number of nitrogens with zero attached hydrogens (tertiary/aromatic N) is 1. The van der Waals surface area contributed by atoms with Gasteiger partial charge in [0, 0.05) is 18.6 Å². The molecule has 84 valence electrons. The minimum Gasteiger partial charge on any atom is -0.351 e. The zero-order valence-corrected chi connectivity index (χ0v) is 9.23. The third-order valence-electron chi connectivity index (χ3n) is 3.58. The van der Waals surface area contributed by atoms with E-state index in [-0.39, 0.29) is 5.91 Å². The van der Waals surface area contributed by atoms with Gasteiger partial charge >= 0.3 is 0 Å². The molecule has 0 radical (unpaired) electrons. The Balaban J connectivity index is 1.84. The van der Waals surface area contributed by atoms with Gasteiger partial charge < -0.3 is 5.32 Å². The van der Waals surface area contributed by atoms with Crippen molar-refractivity contribution in [2.75, 3.05) is 13.1 Å². The van der Waals surface area contributed by atoms with E-state index in [2.05, 4.69) is 34.5 Å². The maximum atomic E-state index is 11.5. The van der Waals surface area contributed by atoms with Crippen LogP contribution in [0.1, 0.15) is 24.4 Å². The summed E-state index contributed by atoms with van der Waals surface area (Å²) in [6.45, 7) is 1.56. The lowest BCUT2D eigenvalue weighted by Crippen LogP contribution is -2.57. The summed E-state index contributed by atoms with van der Waals surface area (Å²) in [5, 5.41) is 3.04. The van der Waals surface area contributed by atoms with Crippen molar-refractivity contribution in [1.29, 1.82) is 0 Å². The summed E-state index contributed by atoms with van der Waals surface area (Å²) in [5.41, 5.74) is 1.34. The summed E-state index contributed by atoms with van der Waals surface area (Å²) in [7, 11) is 0. The van der Waals surface area contributed by atoms with E-state index in [1.54, 1.807) is 0 Å². The average molecular weight is 216 g/mol. The molecule has 0 saturated carbocycles. The molecule has 0 spiro atoms. The van der Waals surface area contributed by atoms with Crippen molar-refractivity contribution in [2.24, 2.45) is 0 Å². The summed E-state index contributed by atoms with van der Waals surface area (Å²) in [4.78, 5) is 13.8. The van der Waals surface area contributed by atoms with Crippen LogP contribution >= 0.6 is 0 Å². The smallest absolute Gasteiger partial charge is 0.234 e. The number of hydrogen-bond donors (Lipinski definition) is 1. The first-order chi connectivity index (χ1) is 7.83. The number of hydrogen-bond acceptors (Lipinski definition) is 2. The normalized spacial score (nSPS) is 33.2. The number of amides is 1. The molecule has 1 amide bonds. The standard InChI is InChI=1S/C13H16N2O/c16-13-9-15-8-11(14-13)6-7-12(15)10-4-2-1-3-5-10/h1-5,11-12H,6-9H2,(H,14,16)/t11-,12-/m1/s1. The highest BCUT2D eigenvalue weighted by atomic mass is 16.2. The Morgan fingerprint density at radius 1 is 1.19 bits per heavy atom. The monoisotopic (exact) mass is 216 g/mol. The minimum absolute atomic E-state index is 0.178. The molecule has 3 rings (SSSR count). The van der Waals surface area contributed by atoms with Gasteiger partial charge in [-0.3, -0.25) is 9.69 Å². The van der Waals surface area contributed by atoms with Crippen molar-refractivity contribution >= 4 is 5.91 Å². The van der Waals surface area contributed by atoms with Gasteiger partial charge in [-0.1, -0.05) is 30.3 Å². The Hall–Kier alpha value is -1.35. The number of benzene rings is 1. The van der Waals surface area contributed by atoms with Crippen LogP contribution < -0.4 is 5.32 Å². The summed E-state index contributed by atoms with van der Waals surface area (Å²) >= 11 is 0. The SMILES string of the molecule is O=C1CN2C[C@@H](CC[C@@H]2c2ccccc2)N1. The van der Waals surface area contributed by atoms with E-state index in [1.165, 1.54) is 5.56 Å². The van der Waals surface area contributed by atoms with E-state index in [4.69, 9.17) is 0 Å². The third kappa shape index (κ3) is 1.71. The number of carbonyl (C=O) groups is 1. The van der Waals surface area contributed by atoms with Crippen molar-refractivity contribution in [3.63, 3.8) is 0 Å². The first-order valence-electron chi connectivity index (χ1n) is 5.91. The van der Waals surface area contributed by atoms with Gasteiger partial charge in [0.15, 0.2) is 0 Å². The Morgan fingerprint density at radius 2 is 2.00 bits per heavy atom. The van der Waals surface area contributed by atoms with Gasteiger partial charge in [0.25, 0.3) is 0 Å². The maximum absolute atomic E-state index is 11.5. The lowest BCUT2D eigenvalue weighted by Gasteiger charge is -2.43. The summed E-state index contributed by atoms with van der Waals surface area (Å²) in [6.07, 6.45) is 2.25. The van der Waals surface area contributed by atoms with Gasteiger partial charge in [0.2, 0.25) is 5.91 Å². The molecule has 2 bridgehead atoms. The number of carbonyl (C=O) groups excluding carboxylic acids is 1. The van der Waals surface area contributed by atoms with Crippen LogP contribution in [0.5, 0.6) is 0 Å². The molecular formula is C13H16N2O. The maximum Gasteiger partial charge on any atom is 0.234 e. The highest BCUT2D eigenvalue weighted by Gasteiger charge is 2.34. The highest BCUT2D eigenvalue weighted by Crippen LogP contribution is 2.31. The molecular weight excluding hydrogens is 200 g/mol. The fraction of sp³-hybridized carbons (Fsp3) is 0.462. The molecule has 1 N–H and O–H groups in total. The van der Waals surface area contributed by atoms with Crippen LogP contribution in [0.15, 0.2) is 30.3 Å².